The third-order valence-corrected chi connectivity index (χ3v) is 4.17. The average Bonchev–Trinajstić information content (AvgIpc) is 2.97. The second-order valence-electron chi connectivity index (χ2n) is 5.59. The van der Waals surface area contributed by atoms with Crippen molar-refractivity contribution in [1.29, 1.82) is 0 Å². The van der Waals surface area contributed by atoms with E-state index in [1.807, 2.05) is 37.3 Å². The zero-order valence-electron chi connectivity index (χ0n) is 12.1. The number of hydrogen-bond acceptors (Lipinski definition) is 3. The maximum Gasteiger partial charge on any atom is 0.223 e. The number of nitrogens with zero attached hydrogens (tertiary/aromatic N) is 1. The third-order valence-electron chi connectivity index (χ3n) is 4.17. The van der Waals surface area contributed by atoms with Crippen LogP contribution in [0.25, 0.3) is 11.3 Å². The highest BCUT2D eigenvalue weighted by molar-refractivity contribution is 5.78. The van der Waals surface area contributed by atoms with Crippen molar-refractivity contribution in [3.63, 3.8) is 0 Å². The first kappa shape index (κ1) is 13.8. The average molecular weight is 284 g/mol. The first-order chi connectivity index (χ1) is 10.2. The van der Waals surface area contributed by atoms with Crippen LogP contribution in [0.1, 0.15) is 12.5 Å². The Bertz CT molecular complexity index is 587. The number of aromatic nitrogens is 2. The third kappa shape index (κ3) is 3.13. The summed E-state index contributed by atoms with van der Waals surface area (Å²) in [4.78, 5) is 12.1. The lowest BCUT2D eigenvalue weighted by molar-refractivity contribution is -0.126. The maximum atomic E-state index is 12.1. The first-order valence-corrected chi connectivity index (χ1v) is 7.31. The lowest BCUT2D eigenvalue weighted by atomic mass is 9.88. The highest BCUT2D eigenvalue weighted by atomic mass is 16.1. The van der Waals surface area contributed by atoms with E-state index < -0.39 is 0 Å². The van der Waals surface area contributed by atoms with Crippen molar-refractivity contribution in [1.82, 2.24) is 20.8 Å². The van der Waals surface area contributed by atoms with Crippen LogP contribution in [0.3, 0.4) is 0 Å². The molecule has 1 atom stereocenters. The molecule has 0 bridgehead atoms. The molecular formula is C16H20N4O. The van der Waals surface area contributed by atoms with Crippen LogP contribution in [0.5, 0.6) is 0 Å². The van der Waals surface area contributed by atoms with Gasteiger partial charge in [-0.05, 0) is 36.2 Å². The van der Waals surface area contributed by atoms with Crippen LogP contribution < -0.4 is 10.6 Å². The van der Waals surface area contributed by atoms with Crippen LogP contribution in [0.15, 0.2) is 36.5 Å². The molecule has 21 heavy (non-hydrogen) atoms. The first-order valence-electron chi connectivity index (χ1n) is 7.31. The van der Waals surface area contributed by atoms with Crippen LogP contribution in [0.4, 0.5) is 0 Å². The van der Waals surface area contributed by atoms with Gasteiger partial charge in [0.25, 0.3) is 0 Å². The van der Waals surface area contributed by atoms with Gasteiger partial charge >= 0.3 is 0 Å². The number of nitrogens with one attached hydrogen (secondary N) is 3. The molecule has 1 saturated heterocycles. The minimum atomic E-state index is 0.0792. The summed E-state index contributed by atoms with van der Waals surface area (Å²) < 4.78 is 0. The molecule has 1 aliphatic heterocycles. The van der Waals surface area contributed by atoms with Gasteiger partial charge in [0.15, 0.2) is 0 Å². The molecule has 1 fully saturated rings. The van der Waals surface area contributed by atoms with Gasteiger partial charge in [0.1, 0.15) is 0 Å². The van der Waals surface area contributed by atoms with Gasteiger partial charge in [-0.25, -0.2) is 0 Å². The summed E-state index contributed by atoms with van der Waals surface area (Å²) in [6.07, 6.45) is 1.74. The fourth-order valence-corrected chi connectivity index (χ4v) is 2.45. The Labute approximate surface area is 124 Å². The molecule has 0 saturated carbocycles. The van der Waals surface area contributed by atoms with Crippen LogP contribution in [0.2, 0.25) is 0 Å². The van der Waals surface area contributed by atoms with Crippen LogP contribution in [-0.2, 0) is 11.3 Å². The summed E-state index contributed by atoms with van der Waals surface area (Å²) in [6.45, 7) is 4.48. The van der Waals surface area contributed by atoms with Gasteiger partial charge < -0.3 is 10.6 Å². The van der Waals surface area contributed by atoms with Gasteiger partial charge in [-0.3, -0.25) is 9.89 Å². The molecule has 2 aromatic rings. The molecule has 110 valence electrons. The van der Waals surface area contributed by atoms with E-state index >= 15 is 0 Å². The fraction of sp³-hybridized carbons (Fsp3) is 0.375. The van der Waals surface area contributed by atoms with Crippen LogP contribution >= 0.6 is 0 Å². The van der Waals surface area contributed by atoms with Crippen molar-refractivity contribution in [2.75, 3.05) is 13.1 Å². The zero-order chi connectivity index (χ0) is 14.7. The number of rotatable bonds is 5. The Morgan fingerprint density at radius 1 is 1.33 bits per heavy atom. The van der Waals surface area contributed by atoms with Gasteiger partial charge in [-0.2, -0.15) is 5.10 Å². The molecule has 2 heterocycles. The van der Waals surface area contributed by atoms with E-state index in [0.29, 0.717) is 12.5 Å². The van der Waals surface area contributed by atoms with E-state index in [4.69, 9.17) is 0 Å². The van der Waals surface area contributed by atoms with Crippen molar-refractivity contribution in [3.8, 4) is 11.3 Å². The minimum Gasteiger partial charge on any atom is -0.352 e. The molecule has 5 heteroatoms. The predicted octanol–water partition coefficient (Wildman–Crippen LogP) is 1.55. The van der Waals surface area contributed by atoms with Crippen molar-refractivity contribution < 1.29 is 4.79 Å². The molecule has 1 aromatic carbocycles. The number of hydrogen-bond donors (Lipinski definition) is 3. The van der Waals surface area contributed by atoms with E-state index in [9.17, 15) is 4.79 Å². The Balaban J connectivity index is 1.54. The Hall–Kier alpha value is -2.14. The monoisotopic (exact) mass is 284 g/mol. The zero-order valence-corrected chi connectivity index (χ0v) is 12.1. The standard InChI is InChI=1S/C16H20N4O/c1-11(14-9-17-10-14)16(21)18-8-12-2-4-13(5-3-12)15-6-7-19-20-15/h2-7,11,14,17H,8-10H2,1H3,(H,18,21)(H,19,20). The second kappa shape index (κ2) is 6.10. The van der Waals surface area contributed by atoms with E-state index in [1.165, 1.54) is 0 Å². The van der Waals surface area contributed by atoms with Crippen molar-refractivity contribution >= 4 is 5.91 Å². The number of benzene rings is 1. The summed E-state index contributed by atoms with van der Waals surface area (Å²) in [6, 6.07) is 10.1. The lowest BCUT2D eigenvalue weighted by Crippen LogP contribution is -2.49. The lowest BCUT2D eigenvalue weighted by Gasteiger charge is -2.31. The van der Waals surface area contributed by atoms with Gasteiger partial charge in [-0.15, -0.1) is 0 Å². The largest absolute Gasteiger partial charge is 0.352 e. The minimum absolute atomic E-state index is 0.0792. The van der Waals surface area contributed by atoms with Gasteiger partial charge in [0.05, 0.1) is 5.69 Å². The Morgan fingerprint density at radius 2 is 2.10 bits per heavy atom. The summed E-state index contributed by atoms with van der Waals surface area (Å²) in [5.41, 5.74) is 3.19. The van der Waals surface area contributed by atoms with Gasteiger partial charge in [0.2, 0.25) is 5.91 Å². The predicted molar refractivity (Wildman–Crippen MR) is 81.4 cm³/mol. The molecule has 1 unspecified atom stereocenters. The smallest absolute Gasteiger partial charge is 0.223 e. The highest BCUT2D eigenvalue weighted by Crippen LogP contribution is 2.18. The molecule has 1 aliphatic rings. The quantitative estimate of drug-likeness (QED) is 0.780. The highest BCUT2D eigenvalue weighted by Gasteiger charge is 2.28. The molecule has 3 N–H and O–H groups in total. The molecule has 3 rings (SSSR count). The summed E-state index contributed by atoms with van der Waals surface area (Å²) in [7, 11) is 0. The van der Waals surface area contributed by atoms with Gasteiger partial charge in [-0.1, -0.05) is 31.2 Å². The number of carbonyl (C=O) groups is 1. The fourth-order valence-electron chi connectivity index (χ4n) is 2.45. The number of carbonyl (C=O) groups excluding carboxylic acids is 1. The normalized spacial score (nSPS) is 16.2. The number of aromatic amines is 1. The Morgan fingerprint density at radius 3 is 2.67 bits per heavy atom. The Kier molecular flexibility index (Phi) is 4.01. The van der Waals surface area contributed by atoms with E-state index in [1.54, 1.807) is 6.20 Å². The SMILES string of the molecule is CC(C(=O)NCc1ccc(-c2ccn[nH]2)cc1)C1CNC1. The van der Waals surface area contributed by atoms with E-state index in [0.717, 1.165) is 29.9 Å². The summed E-state index contributed by atoms with van der Waals surface area (Å²) >= 11 is 0. The van der Waals surface area contributed by atoms with Crippen molar-refractivity contribution in [2.45, 2.75) is 13.5 Å². The molecule has 0 spiro atoms. The second-order valence-corrected chi connectivity index (χ2v) is 5.59. The summed E-state index contributed by atoms with van der Waals surface area (Å²) in [5.74, 6) is 0.697. The van der Waals surface area contributed by atoms with Crippen LogP contribution in [-0.4, -0.2) is 29.2 Å². The van der Waals surface area contributed by atoms with Crippen LogP contribution in [0, 0.1) is 11.8 Å². The molecular weight excluding hydrogens is 264 g/mol. The number of H-pyrrole nitrogens is 1. The molecule has 0 radical (unpaired) electrons. The number of amides is 1. The maximum absolute atomic E-state index is 12.1. The van der Waals surface area contributed by atoms with Crippen molar-refractivity contribution in [3.05, 3.63) is 42.1 Å². The molecule has 0 aliphatic carbocycles. The van der Waals surface area contributed by atoms with Gasteiger partial charge in [0, 0.05) is 18.7 Å². The molecule has 1 aromatic heterocycles. The van der Waals surface area contributed by atoms with Crippen molar-refractivity contribution in [2.24, 2.45) is 11.8 Å². The molecule has 5 nitrogen and oxygen atoms in total. The topological polar surface area (TPSA) is 69.8 Å². The van der Waals surface area contributed by atoms with E-state index in [2.05, 4.69) is 20.8 Å². The molecule has 1 amide bonds. The summed E-state index contributed by atoms with van der Waals surface area (Å²) in [5, 5.41) is 13.1. The van der Waals surface area contributed by atoms with E-state index in [-0.39, 0.29) is 11.8 Å².